The number of carbonyl (C=O) groups excluding carboxylic acids is 1. The summed E-state index contributed by atoms with van der Waals surface area (Å²) in [5.74, 6) is 0.277. The number of amides is 1. The van der Waals surface area contributed by atoms with Gasteiger partial charge >= 0.3 is 6.18 Å². The van der Waals surface area contributed by atoms with Crippen LogP contribution < -0.4 is 9.62 Å². The SMILES string of the molecule is O=C(CN(c1ccc(Cl)c(C(F)(F)F)c1)S(=O)(=O)c1ccccc1)NCCCSC1CCCCC1. The summed E-state index contributed by atoms with van der Waals surface area (Å²) in [6, 6.07) is 10.0. The molecule has 0 bridgehead atoms. The fourth-order valence-electron chi connectivity index (χ4n) is 3.89. The number of nitrogens with zero attached hydrogens (tertiary/aromatic N) is 1. The summed E-state index contributed by atoms with van der Waals surface area (Å²) in [7, 11) is -4.32. The van der Waals surface area contributed by atoms with Gasteiger partial charge in [-0.05, 0) is 55.3 Å². The van der Waals surface area contributed by atoms with E-state index in [1.54, 1.807) is 6.07 Å². The van der Waals surface area contributed by atoms with E-state index in [1.165, 1.54) is 56.4 Å². The third kappa shape index (κ3) is 7.79. The molecule has 1 saturated carbocycles. The number of anilines is 1. The summed E-state index contributed by atoms with van der Waals surface area (Å²) in [5, 5.41) is 2.79. The number of hydrogen-bond acceptors (Lipinski definition) is 4. The minimum absolute atomic E-state index is 0.139. The van der Waals surface area contributed by atoms with Crippen molar-refractivity contribution < 1.29 is 26.4 Å². The van der Waals surface area contributed by atoms with Gasteiger partial charge in [0.25, 0.3) is 10.0 Å². The number of rotatable bonds is 10. The molecule has 3 rings (SSSR count). The second kappa shape index (κ2) is 12.4. The summed E-state index contributed by atoms with van der Waals surface area (Å²) in [4.78, 5) is 12.5. The van der Waals surface area contributed by atoms with Crippen molar-refractivity contribution in [1.82, 2.24) is 5.32 Å². The first-order valence-corrected chi connectivity index (χ1v) is 14.3. The quantitative estimate of drug-likeness (QED) is 0.363. The fraction of sp³-hybridized carbons (Fsp3) is 0.458. The smallest absolute Gasteiger partial charge is 0.354 e. The molecule has 1 aliphatic rings. The Balaban J connectivity index is 1.72. The number of benzene rings is 2. The third-order valence-corrected chi connectivity index (χ3v) is 9.30. The zero-order chi connectivity index (χ0) is 25.5. The monoisotopic (exact) mass is 548 g/mol. The van der Waals surface area contributed by atoms with Crippen LogP contribution in [0.3, 0.4) is 0 Å². The molecule has 35 heavy (non-hydrogen) atoms. The van der Waals surface area contributed by atoms with Gasteiger partial charge in [0.2, 0.25) is 5.91 Å². The number of carbonyl (C=O) groups is 1. The zero-order valence-electron chi connectivity index (χ0n) is 19.1. The van der Waals surface area contributed by atoms with E-state index in [1.807, 2.05) is 11.8 Å². The van der Waals surface area contributed by atoms with Crippen molar-refractivity contribution in [1.29, 1.82) is 0 Å². The molecule has 1 aliphatic carbocycles. The van der Waals surface area contributed by atoms with Gasteiger partial charge in [-0.3, -0.25) is 9.10 Å². The van der Waals surface area contributed by atoms with Crippen molar-refractivity contribution in [2.45, 2.75) is 54.8 Å². The van der Waals surface area contributed by atoms with Crippen LogP contribution in [0.2, 0.25) is 5.02 Å². The second-order valence-corrected chi connectivity index (χ2v) is 12.0. The van der Waals surface area contributed by atoms with Crippen LogP contribution in [-0.2, 0) is 21.0 Å². The summed E-state index contributed by atoms with van der Waals surface area (Å²) in [6.07, 6.45) is 2.15. The molecule has 0 aromatic heterocycles. The maximum atomic E-state index is 13.4. The Morgan fingerprint density at radius 2 is 1.77 bits per heavy atom. The number of nitrogens with one attached hydrogen (secondary N) is 1. The molecule has 11 heteroatoms. The normalized spacial score (nSPS) is 15.1. The number of alkyl halides is 3. The number of halogens is 4. The van der Waals surface area contributed by atoms with Gasteiger partial charge in [-0.1, -0.05) is 49.1 Å². The molecule has 1 N–H and O–H groups in total. The number of sulfonamides is 1. The molecule has 1 fully saturated rings. The molecule has 0 radical (unpaired) electrons. The molecule has 5 nitrogen and oxygen atoms in total. The highest BCUT2D eigenvalue weighted by atomic mass is 35.5. The number of hydrogen-bond donors (Lipinski definition) is 1. The highest BCUT2D eigenvalue weighted by Gasteiger charge is 2.35. The molecule has 0 spiro atoms. The number of thioether (sulfide) groups is 1. The van der Waals surface area contributed by atoms with Crippen LogP contribution in [-0.4, -0.2) is 38.4 Å². The van der Waals surface area contributed by atoms with Gasteiger partial charge in [0.05, 0.1) is 21.2 Å². The first-order valence-electron chi connectivity index (χ1n) is 11.4. The molecular formula is C24H28ClF3N2O3S2. The van der Waals surface area contributed by atoms with Gasteiger partial charge in [-0.15, -0.1) is 0 Å². The zero-order valence-corrected chi connectivity index (χ0v) is 21.4. The van der Waals surface area contributed by atoms with Crippen molar-refractivity contribution in [3.05, 3.63) is 59.1 Å². The van der Waals surface area contributed by atoms with E-state index in [2.05, 4.69) is 5.32 Å². The standard InChI is InChI=1S/C24H28ClF3N2O3S2/c25-22-13-12-18(16-21(22)24(26,27)28)30(35(32,33)20-10-5-2-6-11-20)17-23(31)29-14-7-15-34-19-8-3-1-4-9-19/h2,5-6,10-13,16,19H,1,3-4,7-9,14-15,17H2,(H,29,31). The molecule has 0 aliphatic heterocycles. The third-order valence-electron chi connectivity index (χ3n) is 5.71. The summed E-state index contributed by atoms with van der Waals surface area (Å²) >= 11 is 7.60. The van der Waals surface area contributed by atoms with Crippen LogP contribution in [0.15, 0.2) is 53.4 Å². The highest BCUT2D eigenvalue weighted by molar-refractivity contribution is 7.99. The van der Waals surface area contributed by atoms with Crippen LogP contribution in [0, 0.1) is 0 Å². The maximum absolute atomic E-state index is 13.4. The lowest BCUT2D eigenvalue weighted by Crippen LogP contribution is -2.41. The lowest BCUT2D eigenvalue weighted by Gasteiger charge is -2.25. The molecule has 2 aromatic carbocycles. The van der Waals surface area contributed by atoms with Crippen molar-refractivity contribution in [2.24, 2.45) is 0 Å². The Hall–Kier alpha value is -1.91. The molecule has 0 unspecified atom stereocenters. The Bertz CT molecular complexity index is 1090. The maximum Gasteiger partial charge on any atom is 0.417 e. The molecule has 0 heterocycles. The van der Waals surface area contributed by atoms with Gasteiger partial charge in [0, 0.05) is 11.8 Å². The Morgan fingerprint density at radius 3 is 2.43 bits per heavy atom. The first-order chi connectivity index (χ1) is 16.6. The minimum Gasteiger partial charge on any atom is -0.354 e. The van der Waals surface area contributed by atoms with E-state index in [0.717, 1.165) is 24.3 Å². The van der Waals surface area contributed by atoms with Gasteiger partial charge in [-0.2, -0.15) is 24.9 Å². The van der Waals surface area contributed by atoms with Gasteiger partial charge in [0.15, 0.2) is 0 Å². The van der Waals surface area contributed by atoms with Crippen LogP contribution in [0.5, 0.6) is 0 Å². The highest BCUT2D eigenvalue weighted by Crippen LogP contribution is 2.38. The van der Waals surface area contributed by atoms with Crippen molar-refractivity contribution in [2.75, 3.05) is 23.1 Å². The van der Waals surface area contributed by atoms with E-state index in [-0.39, 0.29) is 10.6 Å². The molecular weight excluding hydrogens is 521 g/mol. The van der Waals surface area contributed by atoms with E-state index in [4.69, 9.17) is 11.6 Å². The summed E-state index contributed by atoms with van der Waals surface area (Å²) in [5.41, 5.74) is -1.47. The fourth-order valence-corrected chi connectivity index (χ4v) is 6.86. The van der Waals surface area contributed by atoms with Gasteiger partial charge in [-0.25, -0.2) is 8.42 Å². The molecule has 1 amide bonds. The van der Waals surface area contributed by atoms with Crippen LogP contribution in [0.25, 0.3) is 0 Å². The van der Waals surface area contributed by atoms with Crippen molar-refractivity contribution >= 4 is 45.0 Å². The van der Waals surface area contributed by atoms with E-state index in [0.29, 0.717) is 22.2 Å². The molecule has 192 valence electrons. The topological polar surface area (TPSA) is 66.5 Å². The second-order valence-electron chi connectivity index (χ2n) is 8.32. The van der Waals surface area contributed by atoms with Gasteiger partial charge < -0.3 is 5.32 Å². The van der Waals surface area contributed by atoms with E-state index >= 15 is 0 Å². The average molecular weight is 549 g/mol. The molecule has 0 saturated heterocycles. The molecule has 2 aromatic rings. The minimum atomic E-state index is -4.78. The van der Waals surface area contributed by atoms with Crippen molar-refractivity contribution in [3.63, 3.8) is 0 Å². The average Bonchev–Trinajstić information content (AvgIpc) is 2.83. The molecule has 0 atom stereocenters. The van der Waals surface area contributed by atoms with E-state index in [9.17, 15) is 26.4 Å². The van der Waals surface area contributed by atoms with E-state index < -0.39 is 39.2 Å². The lowest BCUT2D eigenvalue weighted by molar-refractivity contribution is -0.137. The van der Waals surface area contributed by atoms with Crippen LogP contribution in [0.1, 0.15) is 44.1 Å². The predicted molar refractivity (Wildman–Crippen MR) is 134 cm³/mol. The van der Waals surface area contributed by atoms with Gasteiger partial charge in [0.1, 0.15) is 6.54 Å². The predicted octanol–water partition coefficient (Wildman–Crippen LogP) is 6.13. The first kappa shape index (κ1) is 27.7. The van der Waals surface area contributed by atoms with Crippen molar-refractivity contribution in [3.8, 4) is 0 Å². The Labute approximate surface area is 213 Å². The Morgan fingerprint density at radius 1 is 1.09 bits per heavy atom. The Kier molecular flexibility index (Phi) is 9.77. The van der Waals surface area contributed by atoms with Crippen LogP contribution in [0.4, 0.5) is 18.9 Å². The summed E-state index contributed by atoms with van der Waals surface area (Å²) < 4.78 is 67.5. The lowest BCUT2D eigenvalue weighted by atomic mass is 10.0. The summed E-state index contributed by atoms with van der Waals surface area (Å²) in [6.45, 7) is -0.307. The van der Waals surface area contributed by atoms with Crippen LogP contribution >= 0.6 is 23.4 Å². The largest absolute Gasteiger partial charge is 0.417 e.